The summed E-state index contributed by atoms with van der Waals surface area (Å²) < 4.78 is 34.0. The summed E-state index contributed by atoms with van der Waals surface area (Å²) >= 11 is 0. The summed E-state index contributed by atoms with van der Waals surface area (Å²) in [5.74, 6) is -3.17. The predicted octanol–water partition coefficient (Wildman–Crippen LogP) is 2.49. The molecule has 0 spiro atoms. The Morgan fingerprint density at radius 3 is 2.03 bits per heavy atom. The van der Waals surface area contributed by atoms with Crippen LogP contribution >= 0.6 is 0 Å². The SMILES string of the molecule is CN(C)c1ccc(/N=N/c2ccc(S(=O)(=O)OC[C@H](O)[C@H]3OC(=O)C(O)=C3O)cc2)cc1. The van der Waals surface area contributed by atoms with Crippen molar-refractivity contribution in [2.45, 2.75) is 17.1 Å². The Hall–Kier alpha value is -3.48. The highest BCUT2D eigenvalue weighted by molar-refractivity contribution is 7.86. The third kappa shape index (κ3) is 5.22. The van der Waals surface area contributed by atoms with Gasteiger partial charge in [-0.2, -0.15) is 18.6 Å². The van der Waals surface area contributed by atoms with E-state index in [2.05, 4.69) is 15.0 Å². The van der Waals surface area contributed by atoms with E-state index in [9.17, 15) is 28.5 Å². The Balaban J connectivity index is 1.61. The van der Waals surface area contributed by atoms with Crippen LogP contribution in [0.3, 0.4) is 0 Å². The molecule has 3 N–H and O–H groups in total. The molecule has 2 aromatic carbocycles. The van der Waals surface area contributed by atoms with Crippen LogP contribution in [0.1, 0.15) is 0 Å². The highest BCUT2D eigenvalue weighted by Gasteiger charge is 2.39. The molecule has 11 nitrogen and oxygen atoms in total. The molecular weight excluding hydrogens is 442 g/mol. The first kappa shape index (κ1) is 23.2. The fourth-order valence-corrected chi connectivity index (χ4v) is 3.58. The monoisotopic (exact) mass is 463 g/mol. The Labute approximate surface area is 184 Å². The molecule has 0 bridgehead atoms. The predicted molar refractivity (Wildman–Crippen MR) is 113 cm³/mol. The number of benzene rings is 2. The van der Waals surface area contributed by atoms with E-state index in [0.29, 0.717) is 11.4 Å². The number of cyclic esters (lactones) is 1. The first-order valence-corrected chi connectivity index (χ1v) is 10.7. The van der Waals surface area contributed by atoms with Gasteiger partial charge in [0.15, 0.2) is 11.9 Å². The molecule has 0 radical (unpaired) electrons. The van der Waals surface area contributed by atoms with Crippen LogP contribution in [0.5, 0.6) is 0 Å². The quantitative estimate of drug-likeness (QED) is 0.304. The maximum Gasteiger partial charge on any atom is 0.377 e. The van der Waals surface area contributed by atoms with Gasteiger partial charge in [-0.15, -0.1) is 0 Å². The van der Waals surface area contributed by atoms with Gasteiger partial charge in [0, 0.05) is 19.8 Å². The second-order valence-corrected chi connectivity index (χ2v) is 8.59. The number of hydrogen-bond acceptors (Lipinski definition) is 11. The zero-order valence-corrected chi connectivity index (χ0v) is 17.9. The lowest BCUT2D eigenvalue weighted by atomic mass is 10.2. The number of hydrogen-bond donors (Lipinski definition) is 3. The van der Waals surface area contributed by atoms with Crippen molar-refractivity contribution in [3.05, 3.63) is 60.0 Å². The maximum atomic E-state index is 12.3. The molecule has 1 heterocycles. The zero-order valence-electron chi connectivity index (χ0n) is 17.1. The van der Waals surface area contributed by atoms with Gasteiger partial charge in [0.05, 0.1) is 22.9 Å². The molecule has 1 aliphatic heterocycles. The van der Waals surface area contributed by atoms with E-state index in [-0.39, 0.29) is 4.90 Å². The van der Waals surface area contributed by atoms with Crippen LogP contribution in [0.4, 0.5) is 17.1 Å². The van der Waals surface area contributed by atoms with E-state index in [1.165, 1.54) is 24.3 Å². The topological polar surface area (TPSA) is 158 Å². The summed E-state index contributed by atoms with van der Waals surface area (Å²) in [6.45, 7) is -0.817. The first-order chi connectivity index (χ1) is 15.1. The molecule has 2 aromatic rings. The lowest BCUT2D eigenvalue weighted by molar-refractivity contribution is -0.147. The van der Waals surface area contributed by atoms with Gasteiger partial charge in [-0.25, -0.2) is 4.79 Å². The number of ether oxygens (including phenoxy) is 1. The first-order valence-electron chi connectivity index (χ1n) is 9.28. The fraction of sp³-hybridized carbons (Fsp3) is 0.250. The van der Waals surface area contributed by atoms with Crippen molar-refractivity contribution < 1.29 is 37.5 Å². The molecule has 0 aromatic heterocycles. The van der Waals surface area contributed by atoms with E-state index >= 15 is 0 Å². The number of nitrogens with zero attached hydrogens (tertiary/aromatic N) is 3. The van der Waals surface area contributed by atoms with E-state index in [1.807, 2.05) is 31.1 Å². The van der Waals surface area contributed by atoms with Crippen LogP contribution < -0.4 is 4.90 Å². The lowest BCUT2D eigenvalue weighted by Gasteiger charge is -2.17. The van der Waals surface area contributed by atoms with Crippen molar-refractivity contribution in [3.8, 4) is 0 Å². The number of aliphatic hydroxyl groups is 3. The standard InChI is InChI=1S/C20H21N3O8S/c1-23(2)14-7-3-12(4-8-14)21-22-13-5-9-15(10-6-13)32(28,29)30-11-16(24)19-17(25)18(26)20(27)31-19/h3-10,16,19,24-26H,11H2,1-2H3/b22-21+/t16-,19+/m0/s1. The molecule has 12 heteroatoms. The third-order valence-corrected chi connectivity index (χ3v) is 5.75. The molecule has 0 fully saturated rings. The average molecular weight is 463 g/mol. The van der Waals surface area contributed by atoms with Crippen molar-refractivity contribution in [1.29, 1.82) is 0 Å². The zero-order chi connectivity index (χ0) is 23.5. The summed E-state index contributed by atoms with van der Waals surface area (Å²) in [4.78, 5) is 12.9. The van der Waals surface area contributed by atoms with Crippen molar-refractivity contribution in [2.75, 3.05) is 25.6 Å². The average Bonchev–Trinajstić information content (AvgIpc) is 3.04. The highest BCUT2D eigenvalue weighted by atomic mass is 32.2. The second-order valence-electron chi connectivity index (χ2n) is 6.97. The molecule has 0 saturated heterocycles. The highest BCUT2D eigenvalue weighted by Crippen LogP contribution is 2.25. The van der Waals surface area contributed by atoms with Crippen molar-refractivity contribution in [2.24, 2.45) is 10.2 Å². The molecule has 170 valence electrons. The number of anilines is 1. The molecule has 3 rings (SSSR count). The summed E-state index contributed by atoms with van der Waals surface area (Å²) in [6.07, 6.45) is -3.34. The Kier molecular flexibility index (Phi) is 6.77. The van der Waals surface area contributed by atoms with Gasteiger partial charge in [0.2, 0.25) is 5.76 Å². The molecule has 32 heavy (non-hydrogen) atoms. The number of rotatable bonds is 8. The summed E-state index contributed by atoms with van der Waals surface area (Å²) in [5, 5.41) is 36.9. The summed E-state index contributed by atoms with van der Waals surface area (Å²) in [7, 11) is -0.419. The Bertz CT molecular complexity index is 1140. The van der Waals surface area contributed by atoms with Crippen LogP contribution in [-0.2, 0) is 23.8 Å². The van der Waals surface area contributed by atoms with E-state index in [1.54, 1.807) is 12.1 Å². The van der Waals surface area contributed by atoms with Crippen molar-refractivity contribution in [3.63, 3.8) is 0 Å². The molecule has 0 amide bonds. The number of aliphatic hydroxyl groups excluding tert-OH is 3. The maximum absolute atomic E-state index is 12.3. The number of carbonyl (C=O) groups is 1. The minimum Gasteiger partial charge on any atom is -0.505 e. The van der Waals surface area contributed by atoms with E-state index in [4.69, 9.17) is 4.18 Å². The largest absolute Gasteiger partial charge is 0.505 e. The molecule has 0 saturated carbocycles. The van der Waals surface area contributed by atoms with Gasteiger partial charge in [-0.1, -0.05) is 0 Å². The second kappa shape index (κ2) is 9.34. The molecule has 2 atom stereocenters. The molecule has 0 aliphatic carbocycles. The number of azo groups is 1. The normalized spacial score (nSPS) is 17.6. The Morgan fingerprint density at radius 1 is 1.03 bits per heavy atom. The smallest absolute Gasteiger partial charge is 0.377 e. The van der Waals surface area contributed by atoms with Gasteiger partial charge in [-0.05, 0) is 48.5 Å². The van der Waals surface area contributed by atoms with Gasteiger partial charge in [0.1, 0.15) is 6.10 Å². The van der Waals surface area contributed by atoms with E-state index in [0.717, 1.165) is 5.69 Å². The van der Waals surface area contributed by atoms with Crippen LogP contribution in [0.25, 0.3) is 0 Å². The summed E-state index contributed by atoms with van der Waals surface area (Å²) in [5.41, 5.74) is 2.04. The van der Waals surface area contributed by atoms with Gasteiger partial charge < -0.3 is 25.0 Å². The molecule has 1 aliphatic rings. The minimum absolute atomic E-state index is 0.204. The summed E-state index contributed by atoms with van der Waals surface area (Å²) in [6, 6.07) is 12.7. The van der Waals surface area contributed by atoms with Crippen molar-refractivity contribution in [1.82, 2.24) is 0 Å². The van der Waals surface area contributed by atoms with Crippen LogP contribution in [0, 0.1) is 0 Å². The number of esters is 1. The minimum atomic E-state index is -4.26. The van der Waals surface area contributed by atoms with Gasteiger partial charge in [0.25, 0.3) is 10.1 Å². The van der Waals surface area contributed by atoms with Gasteiger partial charge >= 0.3 is 5.97 Å². The Morgan fingerprint density at radius 2 is 1.56 bits per heavy atom. The molecule has 0 unspecified atom stereocenters. The molecular formula is C20H21N3O8S. The van der Waals surface area contributed by atoms with Crippen LogP contribution in [0.2, 0.25) is 0 Å². The van der Waals surface area contributed by atoms with Gasteiger partial charge in [-0.3, -0.25) is 4.18 Å². The van der Waals surface area contributed by atoms with Crippen LogP contribution in [-0.4, -0.2) is 62.6 Å². The third-order valence-electron chi connectivity index (χ3n) is 4.46. The van der Waals surface area contributed by atoms with Crippen LogP contribution in [0.15, 0.2) is 75.2 Å². The van der Waals surface area contributed by atoms with E-state index < -0.39 is 46.4 Å². The fourth-order valence-electron chi connectivity index (χ4n) is 2.65. The number of carbonyl (C=O) groups excluding carboxylic acids is 1. The lowest BCUT2D eigenvalue weighted by Crippen LogP contribution is -2.33. The van der Waals surface area contributed by atoms with Crippen molar-refractivity contribution >= 4 is 33.1 Å².